The Morgan fingerprint density at radius 3 is 2.62 bits per heavy atom. The molecule has 0 bridgehead atoms. The van der Waals surface area contributed by atoms with E-state index in [9.17, 15) is 27.6 Å². The summed E-state index contributed by atoms with van der Waals surface area (Å²) in [5.74, 6) is -3.59. The number of halogens is 4. The molecular formula is C22H25F4N3O5. The summed E-state index contributed by atoms with van der Waals surface area (Å²) in [5, 5.41) is 9.34. The summed E-state index contributed by atoms with van der Waals surface area (Å²) in [7, 11) is 1.38. The Morgan fingerprint density at radius 2 is 2.03 bits per heavy atom. The minimum Gasteiger partial charge on any atom is -0.481 e. The number of rotatable bonds is 10. The van der Waals surface area contributed by atoms with Gasteiger partial charge in [-0.15, -0.1) is 0 Å². The van der Waals surface area contributed by atoms with E-state index in [1.165, 1.54) is 14.0 Å². The number of carbonyl (C=O) groups is 1. The van der Waals surface area contributed by atoms with Crippen LogP contribution in [0.1, 0.15) is 38.7 Å². The second kappa shape index (κ2) is 11.0. The van der Waals surface area contributed by atoms with Gasteiger partial charge < -0.3 is 23.7 Å². The van der Waals surface area contributed by atoms with E-state index in [-0.39, 0.29) is 35.4 Å². The number of Topliss-reactive ketones (excluding diaryl/α,β-unsaturated/α-hetero) is 1. The number of aromatic nitrogens is 2. The zero-order valence-corrected chi connectivity index (χ0v) is 18.9. The van der Waals surface area contributed by atoms with Crippen molar-refractivity contribution < 1.29 is 41.3 Å². The molecule has 3 rings (SSSR count). The van der Waals surface area contributed by atoms with E-state index in [2.05, 4.69) is 9.72 Å². The second-order valence-corrected chi connectivity index (χ2v) is 8.22. The van der Waals surface area contributed by atoms with Gasteiger partial charge in [0.25, 0.3) is 12.4 Å². The second-order valence-electron chi connectivity index (χ2n) is 8.22. The SMILES string of the molecule is CC(=O)C[C@@H](C)CO[C@H]1CC[C@H](Oc2nc3c(C#N)c(F)c(OCC(F)F)c(F)c3n2C)CO1. The van der Waals surface area contributed by atoms with Crippen LogP contribution in [0.4, 0.5) is 17.6 Å². The fourth-order valence-corrected chi connectivity index (χ4v) is 3.70. The number of fused-ring (bicyclic) bond motifs is 1. The first kappa shape index (κ1) is 25.7. The monoisotopic (exact) mass is 487 g/mol. The summed E-state index contributed by atoms with van der Waals surface area (Å²) in [5.41, 5.74) is -1.26. The molecule has 0 saturated carbocycles. The average molecular weight is 487 g/mol. The summed E-state index contributed by atoms with van der Waals surface area (Å²) in [6.45, 7) is 2.70. The molecule has 1 aliphatic rings. The van der Waals surface area contributed by atoms with Crippen LogP contribution >= 0.6 is 0 Å². The Kier molecular flexibility index (Phi) is 8.33. The molecule has 12 heteroatoms. The molecule has 3 atom stereocenters. The number of benzene rings is 1. The van der Waals surface area contributed by atoms with Crippen LogP contribution in [0.3, 0.4) is 0 Å². The van der Waals surface area contributed by atoms with Gasteiger partial charge in [-0.05, 0) is 19.3 Å². The first-order chi connectivity index (χ1) is 16.1. The van der Waals surface area contributed by atoms with Gasteiger partial charge in [-0.25, -0.2) is 17.6 Å². The van der Waals surface area contributed by atoms with E-state index >= 15 is 0 Å². The molecule has 8 nitrogen and oxygen atoms in total. The van der Waals surface area contributed by atoms with Crippen LogP contribution in [0.2, 0.25) is 0 Å². The number of ether oxygens (including phenoxy) is 4. The lowest BCUT2D eigenvalue weighted by Crippen LogP contribution is -2.35. The van der Waals surface area contributed by atoms with Gasteiger partial charge in [-0.1, -0.05) is 6.92 Å². The normalized spacial score (nSPS) is 19.3. The van der Waals surface area contributed by atoms with Crippen LogP contribution in [0.5, 0.6) is 11.8 Å². The molecule has 186 valence electrons. The Balaban J connectivity index is 1.72. The van der Waals surface area contributed by atoms with Crippen molar-refractivity contribution in [3.63, 3.8) is 0 Å². The topological polar surface area (TPSA) is 95.6 Å². The standard InChI is InChI=1S/C22H25F4N3O5/c1-11(6-12(2)30)8-31-16-5-4-13(9-32-16)34-22-28-19-14(7-27)17(25)21(33-10-15(23)24)18(26)20(19)29(22)3/h11,13,15-16H,4-6,8-10H2,1-3H3/t11-,13+,16-/m1/s1. The Hall–Kier alpha value is -2.91. The number of hydrogen-bond donors (Lipinski definition) is 0. The lowest BCUT2D eigenvalue weighted by molar-refractivity contribution is -0.188. The van der Waals surface area contributed by atoms with Crippen LogP contribution in [0.25, 0.3) is 11.0 Å². The van der Waals surface area contributed by atoms with E-state index in [0.29, 0.717) is 25.9 Å². The van der Waals surface area contributed by atoms with E-state index in [1.807, 2.05) is 6.92 Å². The van der Waals surface area contributed by atoms with Crippen LogP contribution in [0.15, 0.2) is 0 Å². The van der Waals surface area contributed by atoms with Gasteiger partial charge in [0, 0.05) is 19.9 Å². The number of nitrogens with zero attached hydrogens (tertiary/aromatic N) is 3. The fraction of sp³-hybridized carbons (Fsp3) is 0.591. The number of nitriles is 1. The minimum atomic E-state index is -2.96. The van der Waals surface area contributed by atoms with E-state index < -0.39 is 48.4 Å². The van der Waals surface area contributed by atoms with Gasteiger partial charge in [0.05, 0.1) is 13.2 Å². The fourth-order valence-electron chi connectivity index (χ4n) is 3.70. The molecule has 1 fully saturated rings. The van der Waals surface area contributed by atoms with Crippen molar-refractivity contribution >= 4 is 16.8 Å². The highest BCUT2D eigenvalue weighted by molar-refractivity contribution is 5.85. The van der Waals surface area contributed by atoms with Gasteiger partial charge >= 0.3 is 0 Å². The van der Waals surface area contributed by atoms with E-state index in [0.717, 1.165) is 4.57 Å². The van der Waals surface area contributed by atoms with Gasteiger partial charge in [0.1, 0.15) is 41.2 Å². The van der Waals surface area contributed by atoms with Crippen LogP contribution < -0.4 is 9.47 Å². The van der Waals surface area contributed by atoms with Gasteiger partial charge in [0.15, 0.2) is 23.7 Å². The van der Waals surface area contributed by atoms with Crippen molar-refractivity contribution in [3.05, 3.63) is 17.2 Å². The molecule has 34 heavy (non-hydrogen) atoms. The first-order valence-electron chi connectivity index (χ1n) is 10.7. The average Bonchev–Trinajstić information content (AvgIpc) is 3.08. The molecule has 0 unspecified atom stereocenters. The Bertz CT molecular complexity index is 1080. The quantitative estimate of drug-likeness (QED) is 0.470. The highest BCUT2D eigenvalue weighted by Crippen LogP contribution is 2.36. The highest BCUT2D eigenvalue weighted by atomic mass is 19.3. The molecule has 1 saturated heterocycles. The molecule has 0 aliphatic carbocycles. The lowest BCUT2D eigenvalue weighted by atomic mass is 10.1. The summed E-state index contributed by atoms with van der Waals surface area (Å²) in [6.07, 6.45) is -2.46. The van der Waals surface area contributed by atoms with Crippen LogP contribution in [-0.4, -0.2) is 54.0 Å². The molecule has 1 aliphatic heterocycles. The summed E-state index contributed by atoms with van der Waals surface area (Å²) in [6, 6.07) is 1.48. The Labute approximate surface area is 193 Å². The van der Waals surface area contributed by atoms with Crippen LogP contribution in [-0.2, 0) is 21.3 Å². The van der Waals surface area contributed by atoms with Gasteiger partial charge in [-0.3, -0.25) is 4.57 Å². The Morgan fingerprint density at radius 1 is 1.29 bits per heavy atom. The van der Waals surface area contributed by atoms with Crippen LogP contribution in [0, 0.1) is 28.9 Å². The van der Waals surface area contributed by atoms with Crippen molar-refractivity contribution in [2.75, 3.05) is 19.8 Å². The molecule has 2 heterocycles. The molecule has 2 aromatic rings. The van der Waals surface area contributed by atoms with Gasteiger partial charge in [-0.2, -0.15) is 10.2 Å². The van der Waals surface area contributed by atoms with E-state index in [4.69, 9.17) is 14.2 Å². The third kappa shape index (κ3) is 5.77. The number of aryl methyl sites for hydroxylation is 1. The van der Waals surface area contributed by atoms with Crippen molar-refractivity contribution in [2.24, 2.45) is 13.0 Å². The zero-order valence-electron chi connectivity index (χ0n) is 18.9. The number of carbonyl (C=O) groups excluding carboxylic acids is 1. The summed E-state index contributed by atoms with van der Waals surface area (Å²) in [4.78, 5) is 15.2. The third-order valence-corrected chi connectivity index (χ3v) is 5.25. The number of hydrogen-bond acceptors (Lipinski definition) is 7. The largest absolute Gasteiger partial charge is 0.481 e. The zero-order chi connectivity index (χ0) is 25.0. The number of ketones is 1. The molecule has 0 amide bonds. The lowest BCUT2D eigenvalue weighted by Gasteiger charge is -2.29. The highest BCUT2D eigenvalue weighted by Gasteiger charge is 2.30. The maximum atomic E-state index is 14.9. The molecule has 1 aromatic carbocycles. The molecule has 0 N–H and O–H groups in total. The molecule has 0 radical (unpaired) electrons. The predicted molar refractivity (Wildman–Crippen MR) is 111 cm³/mol. The van der Waals surface area contributed by atoms with Crippen molar-refractivity contribution in [1.82, 2.24) is 9.55 Å². The van der Waals surface area contributed by atoms with Crippen molar-refractivity contribution in [2.45, 2.75) is 51.9 Å². The van der Waals surface area contributed by atoms with Crippen molar-refractivity contribution in [3.8, 4) is 17.8 Å². The van der Waals surface area contributed by atoms with E-state index in [1.54, 1.807) is 6.07 Å². The molecule has 1 aromatic heterocycles. The minimum absolute atomic E-state index is 0.0641. The smallest absolute Gasteiger partial charge is 0.297 e. The maximum Gasteiger partial charge on any atom is 0.297 e. The molecular weight excluding hydrogens is 462 g/mol. The summed E-state index contributed by atoms with van der Waals surface area (Å²) < 4.78 is 77.3. The van der Waals surface area contributed by atoms with Crippen molar-refractivity contribution in [1.29, 1.82) is 5.26 Å². The summed E-state index contributed by atoms with van der Waals surface area (Å²) >= 11 is 0. The number of alkyl halides is 2. The maximum absolute atomic E-state index is 14.9. The third-order valence-electron chi connectivity index (χ3n) is 5.25. The first-order valence-corrected chi connectivity index (χ1v) is 10.7. The number of imidazole rings is 1. The predicted octanol–water partition coefficient (Wildman–Crippen LogP) is 3.88. The molecule has 0 spiro atoms. The van der Waals surface area contributed by atoms with Gasteiger partial charge in [0.2, 0.25) is 0 Å².